The molecule has 6 nitrogen and oxygen atoms in total. The average molecular weight is 264 g/mol. The number of amides is 1. The molecular formula is C13H16N2O4. The Morgan fingerprint density at radius 2 is 2.21 bits per heavy atom. The lowest BCUT2D eigenvalue weighted by Gasteiger charge is -2.23. The van der Waals surface area contributed by atoms with Crippen LogP contribution in [0.5, 0.6) is 0 Å². The lowest BCUT2D eigenvalue weighted by molar-refractivity contribution is 0.0694. The molecule has 0 aliphatic carbocycles. The fourth-order valence-electron chi connectivity index (χ4n) is 2.02. The smallest absolute Gasteiger partial charge is 0.337 e. The van der Waals surface area contributed by atoms with Gasteiger partial charge in [0, 0.05) is 6.61 Å². The topological polar surface area (TPSA) is 88.5 Å². The quantitative estimate of drug-likeness (QED) is 0.850. The molecule has 1 aromatic rings. The second kappa shape index (κ2) is 4.97. The van der Waals surface area contributed by atoms with Crippen LogP contribution in [-0.2, 0) is 4.74 Å². The minimum atomic E-state index is -1.05. The van der Waals surface area contributed by atoms with Crippen LogP contribution in [0, 0.1) is 6.92 Å². The predicted molar refractivity (Wildman–Crippen MR) is 67.2 cm³/mol. The Morgan fingerprint density at radius 1 is 1.47 bits per heavy atom. The number of aryl methyl sites for hydroxylation is 1. The molecule has 1 aliphatic rings. The van der Waals surface area contributed by atoms with Gasteiger partial charge in [-0.05, 0) is 32.4 Å². The first-order chi connectivity index (χ1) is 8.91. The number of carbonyl (C=O) groups excluding carboxylic acids is 1. The normalized spacial score (nSPS) is 22.2. The van der Waals surface area contributed by atoms with E-state index in [-0.39, 0.29) is 22.7 Å². The highest BCUT2D eigenvalue weighted by Crippen LogP contribution is 2.18. The lowest BCUT2D eigenvalue weighted by Crippen LogP contribution is -2.46. The monoisotopic (exact) mass is 264 g/mol. The summed E-state index contributed by atoms with van der Waals surface area (Å²) in [6.07, 6.45) is 0.755. The van der Waals surface area contributed by atoms with Gasteiger partial charge in [0.2, 0.25) is 0 Å². The van der Waals surface area contributed by atoms with Crippen molar-refractivity contribution in [2.75, 3.05) is 13.2 Å². The summed E-state index contributed by atoms with van der Waals surface area (Å²) in [7, 11) is 0. The van der Waals surface area contributed by atoms with Crippen LogP contribution in [0.1, 0.15) is 39.9 Å². The van der Waals surface area contributed by atoms with Gasteiger partial charge in [0.25, 0.3) is 5.91 Å². The third-order valence-corrected chi connectivity index (χ3v) is 3.18. The van der Waals surface area contributed by atoms with E-state index in [1.54, 1.807) is 6.92 Å². The van der Waals surface area contributed by atoms with E-state index < -0.39 is 5.97 Å². The van der Waals surface area contributed by atoms with Gasteiger partial charge in [-0.1, -0.05) is 0 Å². The molecule has 0 radical (unpaired) electrons. The summed E-state index contributed by atoms with van der Waals surface area (Å²) >= 11 is 0. The molecule has 2 heterocycles. The number of carboxylic acid groups (broad SMARTS) is 1. The van der Waals surface area contributed by atoms with E-state index >= 15 is 0 Å². The number of aromatic carboxylic acids is 1. The van der Waals surface area contributed by atoms with E-state index in [1.807, 2.05) is 6.92 Å². The highest BCUT2D eigenvalue weighted by molar-refractivity contribution is 5.94. The molecule has 6 heteroatoms. The maximum Gasteiger partial charge on any atom is 0.337 e. The van der Waals surface area contributed by atoms with E-state index in [2.05, 4.69) is 10.3 Å². The van der Waals surface area contributed by atoms with Gasteiger partial charge in [-0.2, -0.15) is 0 Å². The largest absolute Gasteiger partial charge is 0.478 e. The van der Waals surface area contributed by atoms with Gasteiger partial charge in [0.15, 0.2) is 0 Å². The Labute approximate surface area is 110 Å². The Kier molecular flexibility index (Phi) is 3.53. The van der Waals surface area contributed by atoms with Crippen molar-refractivity contribution in [2.24, 2.45) is 0 Å². The third-order valence-electron chi connectivity index (χ3n) is 3.18. The van der Waals surface area contributed by atoms with Crippen molar-refractivity contribution in [3.8, 4) is 0 Å². The third kappa shape index (κ3) is 2.90. The Hall–Kier alpha value is -1.95. The summed E-state index contributed by atoms with van der Waals surface area (Å²) < 4.78 is 5.26. The van der Waals surface area contributed by atoms with Crippen molar-refractivity contribution < 1.29 is 19.4 Å². The van der Waals surface area contributed by atoms with Crippen molar-refractivity contribution in [3.05, 3.63) is 29.1 Å². The van der Waals surface area contributed by atoms with Crippen LogP contribution in [0.25, 0.3) is 0 Å². The van der Waals surface area contributed by atoms with Gasteiger partial charge in [-0.25, -0.2) is 9.78 Å². The maximum absolute atomic E-state index is 12.1. The summed E-state index contributed by atoms with van der Waals surface area (Å²) in [5, 5.41) is 11.8. The summed E-state index contributed by atoms with van der Waals surface area (Å²) in [5.74, 6) is -1.36. The van der Waals surface area contributed by atoms with Gasteiger partial charge in [0.1, 0.15) is 5.69 Å². The zero-order valence-corrected chi connectivity index (χ0v) is 10.9. The maximum atomic E-state index is 12.1. The van der Waals surface area contributed by atoms with E-state index in [4.69, 9.17) is 9.84 Å². The zero-order chi connectivity index (χ0) is 14.0. The highest BCUT2D eigenvalue weighted by atomic mass is 16.5. The minimum absolute atomic E-state index is 0.104. The number of carboxylic acids is 1. The fourth-order valence-corrected chi connectivity index (χ4v) is 2.02. The molecule has 2 N–H and O–H groups in total. The number of nitrogens with one attached hydrogen (secondary N) is 1. The van der Waals surface area contributed by atoms with Gasteiger partial charge >= 0.3 is 5.97 Å². The van der Waals surface area contributed by atoms with E-state index in [0.29, 0.717) is 18.9 Å². The number of rotatable bonds is 3. The fraction of sp³-hybridized carbons (Fsp3) is 0.462. The molecule has 0 spiro atoms. The van der Waals surface area contributed by atoms with Crippen LogP contribution in [0.4, 0.5) is 0 Å². The van der Waals surface area contributed by atoms with Crippen LogP contribution in [0.3, 0.4) is 0 Å². The van der Waals surface area contributed by atoms with Crippen LogP contribution in [0.2, 0.25) is 0 Å². The van der Waals surface area contributed by atoms with Crippen molar-refractivity contribution in [1.29, 1.82) is 0 Å². The lowest BCUT2D eigenvalue weighted by atomic mass is 10.0. The zero-order valence-electron chi connectivity index (χ0n) is 10.9. The second-order valence-electron chi connectivity index (χ2n) is 4.95. The van der Waals surface area contributed by atoms with E-state index in [9.17, 15) is 9.59 Å². The number of pyridine rings is 1. The van der Waals surface area contributed by atoms with Gasteiger partial charge in [-0.3, -0.25) is 4.79 Å². The van der Waals surface area contributed by atoms with Crippen LogP contribution in [-0.4, -0.2) is 40.7 Å². The number of hydrogen-bond donors (Lipinski definition) is 2. The second-order valence-corrected chi connectivity index (χ2v) is 4.95. The molecule has 1 fully saturated rings. The van der Waals surface area contributed by atoms with Gasteiger partial charge in [-0.15, -0.1) is 0 Å². The molecule has 1 atom stereocenters. The summed E-state index contributed by atoms with van der Waals surface area (Å²) in [6, 6.07) is 2.82. The molecular weight excluding hydrogens is 248 g/mol. The average Bonchev–Trinajstić information content (AvgIpc) is 2.75. The predicted octanol–water partition coefficient (Wildman–Crippen LogP) is 0.997. The first-order valence-electron chi connectivity index (χ1n) is 6.02. The molecule has 0 aromatic carbocycles. The molecule has 102 valence electrons. The Balaban J connectivity index is 2.16. The van der Waals surface area contributed by atoms with Crippen molar-refractivity contribution in [2.45, 2.75) is 25.8 Å². The standard InChI is InChI=1S/C13H16N2O4/c1-8-9(12(17)18)3-4-10(14-8)11(16)15-13(2)5-6-19-7-13/h3-4H,5-7H2,1-2H3,(H,15,16)(H,17,18). The molecule has 1 aliphatic heterocycles. The number of ether oxygens (including phenoxy) is 1. The molecule has 19 heavy (non-hydrogen) atoms. The number of hydrogen-bond acceptors (Lipinski definition) is 4. The summed E-state index contributed by atoms with van der Waals surface area (Å²) in [5.41, 5.74) is 0.272. The van der Waals surface area contributed by atoms with Crippen molar-refractivity contribution in [1.82, 2.24) is 10.3 Å². The van der Waals surface area contributed by atoms with E-state index in [0.717, 1.165) is 6.42 Å². The molecule has 1 aromatic heterocycles. The Morgan fingerprint density at radius 3 is 2.74 bits per heavy atom. The summed E-state index contributed by atoms with van der Waals surface area (Å²) in [4.78, 5) is 27.0. The van der Waals surface area contributed by atoms with Crippen LogP contribution < -0.4 is 5.32 Å². The molecule has 1 unspecified atom stereocenters. The number of nitrogens with zero attached hydrogens (tertiary/aromatic N) is 1. The molecule has 1 amide bonds. The molecule has 0 bridgehead atoms. The SMILES string of the molecule is Cc1nc(C(=O)NC2(C)CCOC2)ccc1C(=O)O. The van der Waals surface area contributed by atoms with Gasteiger partial charge < -0.3 is 15.2 Å². The van der Waals surface area contributed by atoms with Crippen molar-refractivity contribution in [3.63, 3.8) is 0 Å². The highest BCUT2D eigenvalue weighted by Gasteiger charge is 2.31. The first-order valence-corrected chi connectivity index (χ1v) is 6.02. The van der Waals surface area contributed by atoms with E-state index in [1.165, 1.54) is 12.1 Å². The minimum Gasteiger partial charge on any atom is -0.478 e. The number of carbonyl (C=O) groups is 2. The molecule has 0 saturated carbocycles. The number of aromatic nitrogens is 1. The van der Waals surface area contributed by atoms with Crippen molar-refractivity contribution >= 4 is 11.9 Å². The molecule has 2 rings (SSSR count). The van der Waals surface area contributed by atoms with Crippen LogP contribution in [0.15, 0.2) is 12.1 Å². The summed E-state index contributed by atoms with van der Waals surface area (Å²) in [6.45, 7) is 4.59. The van der Waals surface area contributed by atoms with Gasteiger partial charge in [0.05, 0.1) is 23.4 Å². The van der Waals surface area contributed by atoms with Crippen LogP contribution >= 0.6 is 0 Å². The molecule has 1 saturated heterocycles. The first kappa shape index (κ1) is 13.5. The Bertz CT molecular complexity index is 521.